The zero-order valence-corrected chi connectivity index (χ0v) is 5.55. The molecule has 0 aromatic heterocycles. The molecular formula is C5H11N3O. The Hall–Kier alpha value is -0.610. The van der Waals surface area contributed by atoms with E-state index in [1.807, 2.05) is 13.8 Å². The number of aliphatic hydroxyl groups excluding tert-OH is 1. The van der Waals surface area contributed by atoms with E-state index in [1.54, 1.807) is 0 Å². The highest BCUT2D eigenvalue weighted by atomic mass is 16.3. The standard InChI is InChI=1S/C5H11N3O/c1-3-6-4(2)8-5(9)7-3/h3,5,7,9H,1-2H3,(H,6,8)/t3-,5-/m0/s1. The second-order valence-corrected chi connectivity index (χ2v) is 2.10. The van der Waals surface area contributed by atoms with Crippen LogP contribution >= 0.6 is 0 Å². The number of nitrogens with one attached hydrogen (secondary N) is 2. The fourth-order valence-corrected chi connectivity index (χ4v) is 0.833. The Morgan fingerprint density at radius 1 is 1.67 bits per heavy atom. The molecule has 1 heterocycles. The molecule has 52 valence electrons. The first kappa shape index (κ1) is 6.51. The summed E-state index contributed by atoms with van der Waals surface area (Å²) >= 11 is 0. The zero-order valence-electron chi connectivity index (χ0n) is 5.55. The lowest BCUT2D eigenvalue weighted by Gasteiger charge is -2.23. The maximum atomic E-state index is 8.95. The van der Waals surface area contributed by atoms with Crippen molar-refractivity contribution >= 4 is 5.84 Å². The van der Waals surface area contributed by atoms with Crippen LogP contribution in [0, 0.1) is 0 Å². The largest absolute Gasteiger partial charge is 0.361 e. The fraction of sp³-hybridized carbons (Fsp3) is 0.800. The molecule has 0 saturated heterocycles. The van der Waals surface area contributed by atoms with Gasteiger partial charge in [-0.05, 0) is 13.8 Å². The lowest BCUT2D eigenvalue weighted by atomic mass is 10.5. The molecule has 4 nitrogen and oxygen atoms in total. The summed E-state index contributed by atoms with van der Waals surface area (Å²) in [6.45, 7) is 3.70. The van der Waals surface area contributed by atoms with Crippen molar-refractivity contribution in [1.82, 2.24) is 10.6 Å². The van der Waals surface area contributed by atoms with Crippen LogP contribution in [0.5, 0.6) is 0 Å². The predicted octanol–water partition coefficient (Wildman–Crippen LogP) is -0.780. The fourth-order valence-electron chi connectivity index (χ4n) is 0.833. The summed E-state index contributed by atoms with van der Waals surface area (Å²) in [5.41, 5.74) is 0. The Bertz CT molecular complexity index is 134. The monoisotopic (exact) mass is 129 g/mol. The molecule has 0 aromatic rings. The van der Waals surface area contributed by atoms with E-state index < -0.39 is 6.35 Å². The summed E-state index contributed by atoms with van der Waals surface area (Å²) in [5.74, 6) is 0.772. The van der Waals surface area contributed by atoms with Crippen molar-refractivity contribution in [3.8, 4) is 0 Å². The molecule has 0 radical (unpaired) electrons. The van der Waals surface area contributed by atoms with Crippen molar-refractivity contribution in [2.24, 2.45) is 4.99 Å². The molecule has 0 aliphatic carbocycles. The molecule has 0 fully saturated rings. The molecule has 9 heavy (non-hydrogen) atoms. The van der Waals surface area contributed by atoms with Crippen LogP contribution in [-0.2, 0) is 0 Å². The molecule has 4 heteroatoms. The van der Waals surface area contributed by atoms with E-state index in [2.05, 4.69) is 15.6 Å². The molecule has 2 atom stereocenters. The molecule has 0 unspecified atom stereocenters. The second kappa shape index (κ2) is 2.33. The number of aliphatic imine (C=N–C) groups is 1. The highest BCUT2D eigenvalue weighted by Gasteiger charge is 2.12. The quantitative estimate of drug-likeness (QED) is 0.402. The first-order valence-corrected chi connectivity index (χ1v) is 2.93. The smallest absolute Gasteiger partial charge is 0.184 e. The van der Waals surface area contributed by atoms with E-state index in [4.69, 9.17) is 5.11 Å². The van der Waals surface area contributed by atoms with Gasteiger partial charge in [0.05, 0.1) is 5.84 Å². The topological polar surface area (TPSA) is 56.7 Å². The molecule has 0 amide bonds. The second-order valence-electron chi connectivity index (χ2n) is 2.10. The van der Waals surface area contributed by atoms with Gasteiger partial charge < -0.3 is 10.4 Å². The third kappa shape index (κ3) is 1.65. The van der Waals surface area contributed by atoms with Crippen molar-refractivity contribution in [1.29, 1.82) is 0 Å². The maximum absolute atomic E-state index is 8.95. The van der Waals surface area contributed by atoms with Crippen LogP contribution in [0.25, 0.3) is 0 Å². The van der Waals surface area contributed by atoms with Crippen LogP contribution in [0.15, 0.2) is 4.99 Å². The van der Waals surface area contributed by atoms with Gasteiger partial charge in [-0.2, -0.15) is 0 Å². The SMILES string of the molecule is CC1=N[C@H](C)N[C@H](O)N1. The predicted molar refractivity (Wildman–Crippen MR) is 34.8 cm³/mol. The van der Waals surface area contributed by atoms with E-state index in [0.29, 0.717) is 0 Å². The lowest BCUT2D eigenvalue weighted by molar-refractivity contribution is 0.104. The number of rotatable bonds is 0. The third-order valence-corrected chi connectivity index (χ3v) is 1.13. The highest BCUT2D eigenvalue weighted by Crippen LogP contribution is 1.91. The lowest BCUT2D eigenvalue weighted by Crippen LogP contribution is -2.52. The highest BCUT2D eigenvalue weighted by molar-refractivity contribution is 5.80. The summed E-state index contributed by atoms with van der Waals surface area (Å²) in [4.78, 5) is 4.07. The molecule has 3 N–H and O–H groups in total. The summed E-state index contributed by atoms with van der Waals surface area (Å²) in [6.07, 6.45) is -0.626. The summed E-state index contributed by atoms with van der Waals surface area (Å²) in [5, 5.41) is 14.4. The summed E-state index contributed by atoms with van der Waals surface area (Å²) in [7, 11) is 0. The van der Waals surface area contributed by atoms with Gasteiger partial charge in [0.25, 0.3) is 0 Å². The molecular weight excluding hydrogens is 118 g/mol. The van der Waals surface area contributed by atoms with Crippen LogP contribution in [0.3, 0.4) is 0 Å². The van der Waals surface area contributed by atoms with Gasteiger partial charge in [-0.1, -0.05) is 0 Å². The minimum Gasteiger partial charge on any atom is -0.361 e. The molecule has 1 aliphatic heterocycles. The molecule has 1 rings (SSSR count). The third-order valence-electron chi connectivity index (χ3n) is 1.13. The van der Waals surface area contributed by atoms with Gasteiger partial charge in [-0.25, -0.2) is 0 Å². The zero-order chi connectivity index (χ0) is 6.85. The van der Waals surface area contributed by atoms with E-state index >= 15 is 0 Å². The molecule has 0 aromatic carbocycles. The number of nitrogens with zero attached hydrogens (tertiary/aromatic N) is 1. The Labute approximate surface area is 54.0 Å². The average Bonchev–Trinajstić information content (AvgIpc) is 1.59. The first-order chi connectivity index (χ1) is 4.18. The molecule has 0 spiro atoms. The maximum Gasteiger partial charge on any atom is 0.184 e. The Kier molecular flexibility index (Phi) is 1.68. The van der Waals surface area contributed by atoms with Crippen molar-refractivity contribution in [3.63, 3.8) is 0 Å². The number of amidine groups is 1. The number of hydrogen-bond donors (Lipinski definition) is 3. The molecule has 0 saturated carbocycles. The minimum atomic E-state index is -0.641. The van der Waals surface area contributed by atoms with Gasteiger partial charge in [0.15, 0.2) is 6.35 Å². The van der Waals surface area contributed by atoms with Crippen molar-refractivity contribution in [2.75, 3.05) is 0 Å². The minimum absolute atomic E-state index is 0.0150. The Morgan fingerprint density at radius 2 is 2.33 bits per heavy atom. The average molecular weight is 129 g/mol. The van der Waals surface area contributed by atoms with Gasteiger partial charge in [-0.3, -0.25) is 10.3 Å². The van der Waals surface area contributed by atoms with Gasteiger partial charge in [0, 0.05) is 0 Å². The van der Waals surface area contributed by atoms with Gasteiger partial charge >= 0.3 is 0 Å². The Morgan fingerprint density at radius 3 is 2.78 bits per heavy atom. The van der Waals surface area contributed by atoms with Crippen molar-refractivity contribution in [3.05, 3.63) is 0 Å². The summed E-state index contributed by atoms with van der Waals surface area (Å²) < 4.78 is 0. The van der Waals surface area contributed by atoms with Crippen molar-refractivity contribution < 1.29 is 5.11 Å². The molecule has 1 aliphatic rings. The van der Waals surface area contributed by atoms with Crippen molar-refractivity contribution in [2.45, 2.75) is 26.4 Å². The van der Waals surface area contributed by atoms with Gasteiger partial charge in [-0.15, -0.1) is 0 Å². The first-order valence-electron chi connectivity index (χ1n) is 2.93. The van der Waals surface area contributed by atoms with Crippen LogP contribution in [0.2, 0.25) is 0 Å². The van der Waals surface area contributed by atoms with Crippen LogP contribution in [-0.4, -0.2) is 23.5 Å². The summed E-state index contributed by atoms with van der Waals surface area (Å²) in [6, 6.07) is 0. The van der Waals surface area contributed by atoms with Crippen LogP contribution < -0.4 is 10.6 Å². The van der Waals surface area contributed by atoms with Crippen LogP contribution in [0.4, 0.5) is 0 Å². The normalized spacial score (nSPS) is 35.2. The number of aliphatic hydroxyl groups is 1. The van der Waals surface area contributed by atoms with E-state index in [-0.39, 0.29) is 6.17 Å². The van der Waals surface area contributed by atoms with Crippen LogP contribution in [0.1, 0.15) is 13.8 Å². The van der Waals surface area contributed by atoms with E-state index in [1.165, 1.54) is 0 Å². The van der Waals surface area contributed by atoms with E-state index in [9.17, 15) is 0 Å². The number of hydrogen-bond acceptors (Lipinski definition) is 4. The van der Waals surface area contributed by atoms with E-state index in [0.717, 1.165) is 5.84 Å². The Balaban J connectivity index is 2.56. The van der Waals surface area contributed by atoms with Gasteiger partial charge in [0.2, 0.25) is 0 Å². The van der Waals surface area contributed by atoms with Gasteiger partial charge in [0.1, 0.15) is 6.17 Å². The molecule has 0 bridgehead atoms.